The van der Waals surface area contributed by atoms with E-state index in [0.29, 0.717) is 0 Å². The van der Waals surface area contributed by atoms with Gasteiger partial charge in [0.25, 0.3) is 0 Å². The molecule has 616 valence electrons. The number of rotatable bonds is 20. The molecule has 0 heterocycles. The van der Waals surface area contributed by atoms with Crippen molar-refractivity contribution in [3.8, 4) is 22.3 Å². The zero-order valence-corrected chi connectivity index (χ0v) is 85.9. The second kappa shape index (κ2) is 44.1. The second-order valence-corrected chi connectivity index (χ2v) is 67.7. The predicted octanol–water partition coefficient (Wildman–Crippen LogP) is 24.3. The normalized spacial score (nSPS) is 11.7. The Bertz CT molecular complexity index is 5100. The maximum atomic E-state index is 4.85. The number of hydrogen-bond donors (Lipinski definition) is 1. The molecular weight excluding hydrogens is 1880 g/mol. The SMILES string of the molecule is CCNCC.C[Si](C)(C)c1cc(P(c2ccccc2)c2ccccc2)c(-c2c(P(c3ccccc3)c3ccccc3)cc([Si](C)(C)C)c3ccccc23)c2ccccc12.C[Si](C)(C)c1cc(P(c2ccccc2)c2ccccc2)c(-c2c(P(c3ccccc3)c3ccccc3)cc([Si](C)(C)C)c3ccccc23)c2ccccc12.Cl.[Cl][Ru][Cl].[Cl][Ru][Cl]. The van der Waals surface area contributed by atoms with Crippen molar-refractivity contribution in [2.45, 2.75) is 92.4 Å². The molecule has 0 amide bonds. The molecule has 0 aliphatic carbocycles. The van der Waals surface area contributed by atoms with Gasteiger partial charge >= 0.3 is 69.1 Å². The monoisotopic (exact) mass is 1990 g/mol. The molecular formula is C104H108Cl5NP4Ru2Si4. The summed E-state index contributed by atoms with van der Waals surface area (Å²) in [5.41, 5.74) is 5.61. The van der Waals surface area contributed by atoms with Gasteiger partial charge in [0.05, 0.1) is 32.3 Å². The third-order valence-corrected chi connectivity index (χ3v) is 39.4. The van der Waals surface area contributed by atoms with E-state index in [4.69, 9.17) is 38.8 Å². The Balaban J connectivity index is 0.000000208. The van der Waals surface area contributed by atoms with E-state index >= 15 is 0 Å². The van der Waals surface area contributed by atoms with Gasteiger partial charge in [-0.25, -0.2) is 0 Å². The van der Waals surface area contributed by atoms with Crippen molar-refractivity contribution in [3.63, 3.8) is 0 Å². The summed E-state index contributed by atoms with van der Waals surface area (Å²) < 4.78 is 0. The van der Waals surface area contributed by atoms with Crippen molar-refractivity contribution < 1.29 is 30.3 Å². The topological polar surface area (TPSA) is 12.0 Å². The number of fused-ring (bicyclic) bond motifs is 4. The standard InChI is InChI=1S/2C50H48P2Si2.C4H11N.5ClH.2Ru/c2*1-53(2,3)47-35-45(51(37-23-11-7-12-24-37)38-25-13-8-14-26-38)49(43-33-21-19-31-41(43)47)50-44-34-22-20-32-42(44)48(54(4,5)6)36-46(50)52(39-27-15-9-16-28-39)40-29-17-10-18-30-40;1-3-5-4-2;;;;;;;/h2*7-36H,1-6H3;5H,3-4H2,1-2H3;5*1H;;/q;;;;;;;;2*+2/p-4. The molecule has 16 heteroatoms. The fourth-order valence-electron chi connectivity index (χ4n) is 16.3. The van der Waals surface area contributed by atoms with E-state index < -0.39 is 64.0 Å². The van der Waals surface area contributed by atoms with Crippen molar-refractivity contribution in [3.05, 3.63) is 364 Å². The first kappa shape index (κ1) is 94.5. The Hall–Kier alpha value is -6.20. The quantitative estimate of drug-likeness (QED) is 0.0592. The molecule has 0 saturated heterocycles. The van der Waals surface area contributed by atoms with Gasteiger partial charge in [0.1, 0.15) is 0 Å². The second-order valence-electron chi connectivity index (χ2n) is 33.5. The zero-order valence-electron chi connectivity index (χ0n) is 71.0. The molecule has 0 fully saturated rings. The molecule has 1 nitrogen and oxygen atoms in total. The van der Waals surface area contributed by atoms with E-state index in [0.717, 1.165) is 13.1 Å². The molecule has 0 saturated carbocycles. The zero-order chi connectivity index (χ0) is 84.4. The summed E-state index contributed by atoms with van der Waals surface area (Å²) in [4.78, 5) is 0. The summed E-state index contributed by atoms with van der Waals surface area (Å²) >= 11 is -0.691. The van der Waals surface area contributed by atoms with Gasteiger partial charge in [-0.2, -0.15) is 0 Å². The average Bonchev–Trinajstić information content (AvgIpc) is 0.718. The van der Waals surface area contributed by atoms with E-state index in [1.807, 2.05) is 0 Å². The van der Waals surface area contributed by atoms with Gasteiger partial charge in [0.15, 0.2) is 0 Å². The molecule has 0 spiro atoms. The average molecular weight is 1990 g/mol. The first-order valence-corrected chi connectivity index (χ1v) is 69.1. The van der Waals surface area contributed by atoms with Crippen LogP contribution in [0.2, 0.25) is 78.6 Å². The number of halogens is 5. The van der Waals surface area contributed by atoms with E-state index in [2.05, 4.69) is 462 Å². The summed E-state index contributed by atoms with van der Waals surface area (Å²) in [6, 6.07) is 139. The van der Waals surface area contributed by atoms with Crippen molar-refractivity contribution >= 4 is 243 Å². The van der Waals surface area contributed by atoms with Crippen LogP contribution >= 0.6 is 82.9 Å². The van der Waals surface area contributed by atoms with Gasteiger partial charge in [-0.1, -0.05) is 477 Å². The molecule has 0 aromatic heterocycles. The maximum absolute atomic E-state index is 4.85. The predicted molar refractivity (Wildman–Crippen MR) is 555 cm³/mol. The van der Waals surface area contributed by atoms with E-state index in [-0.39, 0.29) is 42.7 Å². The number of hydrogen-bond acceptors (Lipinski definition) is 1. The Kier molecular flexibility index (Phi) is 34.7. The van der Waals surface area contributed by atoms with Gasteiger partial charge in [-0.3, -0.25) is 0 Å². The van der Waals surface area contributed by atoms with Crippen LogP contribution in [0.3, 0.4) is 0 Å². The van der Waals surface area contributed by atoms with Gasteiger partial charge in [0, 0.05) is 0 Å². The van der Waals surface area contributed by atoms with Crippen molar-refractivity contribution in [1.29, 1.82) is 0 Å². The first-order chi connectivity index (χ1) is 57.5. The summed E-state index contributed by atoms with van der Waals surface area (Å²) in [5, 5.41) is 37.3. The van der Waals surface area contributed by atoms with Crippen molar-refractivity contribution in [2.75, 3.05) is 13.1 Å². The molecule has 0 atom stereocenters. The third kappa shape index (κ3) is 22.4. The van der Waals surface area contributed by atoms with Crippen LogP contribution in [0.25, 0.3) is 65.3 Å². The molecule has 0 radical (unpaired) electrons. The van der Waals surface area contributed by atoms with E-state index in [1.165, 1.54) is 150 Å². The summed E-state index contributed by atoms with van der Waals surface area (Å²) in [5.74, 6) is 0. The molecule has 0 bridgehead atoms. The molecule has 16 aromatic rings. The van der Waals surface area contributed by atoms with Gasteiger partial charge in [0.2, 0.25) is 0 Å². The first-order valence-electron chi connectivity index (χ1n) is 40.7. The van der Waals surface area contributed by atoms with Crippen LogP contribution in [-0.4, -0.2) is 45.4 Å². The minimum atomic E-state index is -1.81. The Morgan fingerprint density at radius 3 is 0.458 bits per heavy atom. The molecule has 16 rings (SSSR count). The Morgan fingerprint density at radius 2 is 0.342 bits per heavy atom. The van der Waals surface area contributed by atoms with Crippen LogP contribution in [-0.2, 0) is 30.3 Å². The molecule has 16 aromatic carbocycles. The van der Waals surface area contributed by atoms with Crippen LogP contribution in [0.15, 0.2) is 364 Å². The Morgan fingerprint density at radius 1 is 0.217 bits per heavy atom. The van der Waals surface area contributed by atoms with Crippen LogP contribution in [0.4, 0.5) is 0 Å². The summed E-state index contributed by atoms with van der Waals surface area (Å²) in [6.07, 6.45) is 0. The molecule has 0 unspecified atom stereocenters. The van der Waals surface area contributed by atoms with Crippen LogP contribution in [0.1, 0.15) is 13.8 Å². The molecule has 1 N–H and O–H groups in total. The fourth-order valence-corrected chi connectivity index (χ4v) is 33.2. The Labute approximate surface area is 762 Å². The van der Waals surface area contributed by atoms with Crippen molar-refractivity contribution in [1.82, 2.24) is 5.32 Å². The molecule has 0 aliphatic heterocycles. The van der Waals surface area contributed by atoms with Gasteiger partial charge < -0.3 is 5.32 Å². The summed E-state index contributed by atoms with van der Waals surface area (Å²) in [7, 11) is 8.52. The van der Waals surface area contributed by atoms with Crippen LogP contribution in [0, 0.1) is 0 Å². The van der Waals surface area contributed by atoms with Crippen molar-refractivity contribution in [2.24, 2.45) is 0 Å². The molecule has 0 aliphatic rings. The number of nitrogens with one attached hydrogen (secondary N) is 1. The minimum absolute atomic E-state index is 0. The van der Waals surface area contributed by atoms with Crippen LogP contribution in [0.5, 0.6) is 0 Å². The summed E-state index contributed by atoms with van der Waals surface area (Å²) in [6.45, 7) is 36.5. The third-order valence-electron chi connectivity index (χ3n) is 21.4. The van der Waals surface area contributed by atoms with Gasteiger partial charge in [-0.15, -0.1) is 12.4 Å². The number of benzene rings is 16. The van der Waals surface area contributed by atoms with Crippen LogP contribution < -0.4 is 89.7 Å². The van der Waals surface area contributed by atoms with Gasteiger partial charge in [-0.05, 0) is 174 Å². The molecule has 120 heavy (non-hydrogen) atoms. The van der Waals surface area contributed by atoms with E-state index in [9.17, 15) is 0 Å². The van der Waals surface area contributed by atoms with E-state index in [1.54, 1.807) is 0 Å². The fraction of sp³-hybridized carbons (Fsp3) is 0.154.